The molecule has 1 N–H and O–H groups in total. The van der Waals surface area contributed by atoms with Crippen LogP contribution < -0.4 is 9.62 Å². The molecule has 26 heavy (non-hydrogen) atoms. The molecule has 146 valence electrons. The molecule has 2 saturated heterocycles. The average Bonchev–Trinajstić information content (AvgIpc) is 3.07. The third-order valence-electron chi connectivity index (χ3n) is 4.69. The first-order chi connectivity index (χ1) is 12.4. The van der Waals surface area contributed by atoms with Crippen LogP contribution in [0.4, 0.5) is 10.1 Å². The maximum absolute atomic E-state index is 14.1. The Bertz CT molecular complexity index is 712. The van der Waals surface area contributed by atoms with Crippen molar-refractivity contribution in [3.8, 4) is 0 Å². The van der Waals surface area contributed by atoms with E-state index in [-0.39, 0.29) is 11.4 Å². The van der Waals surface area contributed by atoms with Gasteiger partial charge in [-0.25, -0.2) is 17.5 Å². The normalized spacial score (nSPS) is 20.0. The summed E-state index contributed by atoms with van der Waals surface area (Å²) in [4.78, 5) is 1.89. The first-order valence-electron chi connectivity index (χ1n) is 8.76. The largest absolute Gasteiger partial charge is 0.385 e. The minimum Gasteiger partial charge on any atom is -0.385 e. The highest BCUT2D eigenvalue weighted by Gasteiger charge is 2.40. The van der Waals surface area contributed by atoms with Crippen LogP contribution in [-0.4, -0.2) is 60.8 Å². The summed E-state index contributed by atoms with van der Waals surface area (Å²) in [6.45, 7) is 3.11. The minimum absolute atomic E-state index is 0.0708. The van der Waals surface area contributed by atoms with Crippen LogP contribution in [0.1, 0.15) is 19.3 Å². The monoisotopic (exact) mass is 388 g/mol. The number of nitrogens with one attached hydrogen (secondary N) is 1. The van der Waals surface area contributed by atoms with E-state index in [9.17, 15) is 12.8 Å². The predicted octanol–water partition coefficient (Wildman–Crippen LogP) is 1.48. The molecule has 0 bridgehead atoms. The van der Waals surface area contributed by atoms with Crippen molar-refractivity contribution in [3.63, 3.8) is 0 Å². The van der Waals surface area contributed by atoms with E-state index in [4.69, 9.17) is 14.2 Å². The van der Waals surface area contributed by atoms with E-state index in [2.05, 4.69) is 4.72 Å². The van der Waals surface area contributed by atoms with Gasteiger partial charge in [-0.15, -0.1) is 0 Å². The highest BCUT2D eigenvalue weighted by molar-refractivity contribution is 7.89. The molecule has 0 aliphatic carbocycles. The van der Waals surface area contributed by atoms with Crippen LogP contribution in [0.5, 0.6) is 0 Å². The Morgan fingerprint density at radius 1 is 1.23 bits per heavy atom. The zero-order valence-electron chi connectivity index (χ0n) is 14.9. The lowest BCUT2D eigenvalue weighted by Gasteiger charge is -2.38. The summed E-state index contributed by atoms with van der Waals surface area (Å²) < 4.78 is 57.6. The van der Waals surface area contributed by atoms with Gasteiger partial charge in [-0.2, -0.15) is 0 Å². The number of anilines is 1. The molecule has 2 aliphatic rings. The molecular formula is C17H25FN2O5S. The van der Waals surface area contributed by atoms with Crippen molar-refractivity contribution < 1.29 is 27.0 Å². The molecule has 9 heteroatoms. The fraction of sp³-hybridized carbons (Fsp3) is 0.647. The second kappa shape index (κ2) is 8.18. The van der Waals surface area contributed by atoms with Crippen molar-refractivity contribution in [1.82, 2.24) is 4.72 Å². The molecule has 2 fully saturated rings. The van der Waals surface area contributed by atoms with Crippen LogP contribution >= 0.6 is 0 Å². The fourth-order valence-corrected chi connectivity index (χ4v) is 4.41. The molecule has 2 heterocycles. The molecular weight excluding hydrogens is 363 g/mol. The summed E-state index contributed by atoms with van der Waals surface area (Å²) >= 11 is 0. The highest BCUT2D eigenvalue weighted by Crippen LogP contribution is 2.34. The highest BCUT2D eigenvalue weighted by atomic mass is 32.2. The van der Waals surface area contributed by atoms with E-state index < -0.39 is 21.6 Å². The van der Waals surface area contributed by atoms with Gasteiger partial charge in [0, 0.05) is 51.9 Å². The quantitative estimate of drug-likeness (QED) is 0.713. The zero-order chi connectivity index (χ0) is 18.6. The Morgan fingerprint density at radius 2 is 1.92 bits per heavy atom. The van der Waals surface area contributed by atoms with E-state index in [1.807, 2.05) is 4.90 Å². The molecule has 3 rings (SSSR count). The molecule has 1 aromatic carbocycles. The number of nitrogens with zero attached hydrogens (tertiary/aromatic N) is 1. The van der Waals surface area contributed by atoms with Gasteiger partial charge in [-0.05, 0) is 24.6 Å². The smallest absolute Gasteiger partial charge is 0.240 e. The topological polar surface area (TPSA) is 77.1 Å². The van der Waals surface area contributed by atoms with Crippen LogP contribution in [0.3, 0.4) is 0 Å². The first-order valence-corrected chi connectivity index (χ1v) is 10.2. The fourth-order valence-electron chi connectivity index (χ4n) is 3.28. The van der Waals surface area contributed by atoms with Crippen LogP contribution in [0.25, 0.3) is 0 Å². The Labute approximate surface area is 153 Å². The van der Waals surface area contributed by atoms with E-state index in [0.717, 1.165) is 6.07 Å². The number of piperidine rings is 1. The summed E-state index contributed by atoms with van der Waals surface area (Å²) in [5.41, 5.74) is 0.551. The molecule has 0 saturated carbocycles. The number of rotatable bonds is 7. The van der Waals surface area contributed by atoms with Crippen LogP contribution in [0, 0.1) is 5.82 Å². The minimum atomic E-state index is -3.77. The lowest BCUT2D eigenvalue weighted by molar-refractivity contribution is -0.169. The summed E-state index contributed by atoms with van der Waals surface area (Å²) in [6.07, 6.45) is 1.88. The lowest BCUT2D eigenvalue weighted by Crippen LogP contribution is -2.45. The summed E-state index contributed by atoms with van der Waals surface area (Å²) in [5, 5.41) is 0. The van der Waals surface area contributed by atoms with E-state index >= 15 is 0 Å². The van der Waals surface area contributed by atoms with Gasteiger partial charge in [0.15, 0.2) is 5.79 Å². The van der Waals surface area contributed by atoms with Crippen LogP contribution in [0.15, 0.2) is 23.1 Å². The van der Waals surface area contributed by atoms with Crippen LogP contribution in [-0.2, 0) is 24.2 Å². The SMILES string of the molecule is COCCCNS(=O)(=O)c1cc(F)cc(N2CCC3(CC2)OCCO3)c1. The van der Waals surface area contributed by atoms with E-state index in [1.165, 1.54) is 12.1 Å². The number of hydrogen-bond acceptors (Lipinski definition) is 6. The lowest BCUT2D eigenvalue weighted by atomic mass is 10.0. The van der Waals surface area contributed by atoms with Gasteiger partial charge in [0.1, 0.15) is 5.82 Å². The van der Waals surface area contributed by atoms with Gasteiger partial charge in [0.25, 0.3) is 0 Å². The molecule has 0 radical (unpaired) electrons. The van der Waals surface area contributed by atoms with Gasteiger partial charge < -0.3 is 19.1 Å². The maximum atomic E-state index is 14.1. The predicted molar refractivity (Wildman–Crippen MR) is 94.2 cm³/mol. The zero-order valence-corrected chi connectivity index (χ0v) is 15.7. The van der Waals surface area contributed by atoms with E-state index in [0.29, 0.717) is 57.9 Å². The maximum Gasteiger partial charge on any atom is 0.240 e. The van der Waals surface area contributed by atoms with E-state index in [1.54, 1.807) is 7.11 Å². The number of hydrogen-bond donors (Lipinski definition) is 1. The third-order valence-corrected chi connectivity index (χ3v) is 6.13. The Kier molecular flexibility index (Phi) is 6.13. The van der Waals surface area contributed by atoms with Crippen molar-refractivity contribution in [1.29, 1.82) is 0 Å². The molecule has 0 aromatic heterocycles. The third kappa shape index (κ3) is 4.52. The van der Waals surface area contributed by atoms with Crippen molar-refractivity contribution in [2.75, 3.05) is 51.5 Å². The van der Waals surface area contributed by atoms with Crippen molar-refractivity contribution >= 4 is 15.7 Å². The summed E-state index contributed by atoms with van der Waals surface area (Å²) in [5.74, 6) is -1.10. The number of sulfonamides is 1. The Morgan fingerprint density at radius 3 is 2.58 bits per heavy atom. The first kappa shape index (κ1) is 19.5. The molecule has 7 nitrogen and oxygen atoms in total. The van der Waals surface area contributed by atoms with Gasteiger partial charge in [-0.3, -0.25) is 0 Å². The summed E-state index contributed by atoms with van der Waals surface area (Å²) in [7, 11) is -2.21. The van der Waals surface area contributed by atoms with Gasteiger partial charge >= 0.3 is 0 Å². The summed E-state index contributed by atoms with van der Waals surface area (Å²) in [6, 6.07) is 3.91. The van der Waals surface area contributed by atoms with Gasteiger partial charge in [0.2, 0.25) is 10.0 Å². The standard InChI is InChI=1S/C17H25FN2O5S/c1-23-8-2-5-19-26(21,22)16-12-14(18)11-15(13-16)20-6-3-17(4-7-20)24-9-10-25-17/h11-13,19H,2-10H2,1H3. The van der Waals surface area contributed by atoms with Crippen molar-refractivity contribution in [2.45, 2.75) is 29.9 Å². The van der Waals surface area contributed by atoms with Crippen molar-refractivity contribution in [2.24, 2.45) is 0 Å². The Balaban J connectivity index is 1.69. The number of ether oxygens (including phenoxy) is 3. The molecule has 0 unspecified atom stereocenters. The second-order valence-electron chi connectivity index (χ2n) is 6.48. The average molecular weight is 388 g/mol. The van der Waals surface area contributed by atoms with Gasteiger partial charge in [0.05, 0.1) is 18.1 Å². The number of benzene rings is 1. The van der Waals surface area contributed by atoms with Crippen LogP contribution in [0.2, 0.25) is 0 Å². The second-order valence-corrected chi connectivity index (χ2v) is 8.25. The number of halogens is 1. The molecule has 1 aromatic rings. The van der Waals surface area contributed by atoms with Crippen molar-refractivity contribution in [3.05, 3.63) is 24.0 Å². The molecule has 0 atom stereocenters. The van der Waals surface area contributed by atoms with Gasteiger partial charge in [-0.1, -0.05) is 0 Å². The molecule has 2 aliphatic heterocycles. The molecule has 0 amide bonds. The molecule has 1 spiro atoms. The Hall–Kier alpha value is -1.26. The number of methoxy groups -OCH3 is 1.